The van der Waals surface area contributed by atoms with Crippen molar-refractivity contribution < 1.29 is 13.2 Å². The maximum Gasteiger partial charge on any atom is 0.226 e. The first kappa shape index (κ1) is 17.0. The molecule has 3 heterocycles. The third kappa shape index (κ3) is 3.58. The third-order valence-corrected chi connectivity index (χ3v) is 7.30. The number of pyridine rings is 1. The van der Waals surface area contributed by atoms with Crippen LogP contribution in [0, 0.1) is 12.8 Å². The number of fused-ring (bicyclic) bond motifs is 1. The summed E-state index contributed by atoms with van der Waals surface area (Å²) in [5.41, 5.74) is 2.03. The topological polar surface area (TPSA) is 70.6 Å². The summed E-state index contributed by atoms with van der Waals surface area (Å²) in [6.45, 7) is 4.16. The summed E-state index contributed by atoms with van der Waals surface area (Å²) in [5, 5.41) is 0. The van der Waals surface area contributed by atoms with Crippen molar-refractivity contribution in [2.24, 2.45) is 5.92 Å². The normalized spacial score (nSPS) is 28.8. The van der Waals surface area contributed by atoms with E-state index in [0.717, 1.165) is 43.7 Å². The van der Waals surface area contributed by atoms with Gasteiger partial charge in [-0.15, -0.1) is 0 Å². The van der Waals surface area contributed by atoms with E-state index in [1.54, 1.807) is 0 Å². The minimum absolute atomic E-state index is 0.0636. The molecule has 136 valence electrons. The van der Waals surface area contributed by atoms with E-state index in [1.165, 1.54) is 0 Å². The summed E-state index contributed by atoms with van der Waals surface area (Å²) in [5.74, 6) is 0.613. The van der Waals surface area contributed by atoms with Gasteiger partial charge in [-0.1, -0.05) is 6.07 Å². The van der Waals surface area contributed by atoms with E-state index >= 15 is 0 Å². The molecule has 1 aromatic heterocycles. The summed E-state index contributed by atoms with van der Waals surface area (Å²) in [7, 11) is -3.07. The molecule has 2 aliphatic heterocycles. The molecule has 25 heavy (non-hydrogen) atoms. The number of aryl methyl sites for hydroxylation is 1. The van der Waals surface area contributed by atoms with Gasteiger partial charge in [-0.05, 0) is 31.9 Å². The number of nitrogens with zero attached hydrogens (tertiary/aromatic N) is 3. The molecule has 4 rings (SSSR count). The first-order valence-corrected chi connectivity index (χ1v) is 10.9. The van der Waals surface area contributed by atoms with Crippen molar-refractivity contribution in [2.45, 2.75) is 38.3 Å². The van der Waals surface area contributed by atoms with Gasteiger partial charge in [0.15, 0.2) is 9.84 Å². The first-order chi connectivity index (χ1) is 11.9. The Labute approximate surface area is 149 Å². The van der Waals surface area contributed by atoms with Crippen molar-refractivity contribution in [1.82, 2.24) is 14.8 Å². The predicted molar refractivity (Wildman–Crippen MR) is 94.9 cm³/mol. The maximum atomic E-state index is 12.5. The van der Waals surface area contributed by atoms with Crippen LogP contribution in [0.15, 0.2) is 18.2 Å². The molecule has 6 nitrogen and oxygen atoms in total. The van der Waals surface area contributed by atoms with Crippen LogP contribution in [-0.2, 0) is 21.1 Å². The highest BCUT2D eigenvalue weighted by atomic mass is 32.2. The molecule has 3 fully saturated rings. The largest absolute Gasteiger partial charge is 0.336 e. The van der Waals surface area contributed by atoms with Gasteiger partial charge < -0.3 is 4.90 Å². The zero-order valence-electron chi connectivity index (χ0n) is 14.6. The van der Waals surface area contributed by atoms with E-state index in [4.69, 9.17) is 0 Å². The van der Waals surface area contributed by atoms with Crippen molar-refractivity contribution in [2.75, 3.05) is 31.1 Å². The fourth-order valence-corrected chi connectivity index (χ4v) is 6.15. The standard InChI is InChI=1S/C18H25N3O3S/c1-13-3-2-4-15(19-13)7-8-20-9-10-21(18(22)14-5-6-14)17-12-25(23,24)11-16(17)20/h2-4,14,16-17H,5-12H2,1H3/t16-,17+/m0/s1. The number of aromatic nitrogens is 1. The number of carbonyl (C=O) groups excluding carboxylic acids is 1. The fourth-order valence-electron chi connectivity index (χ4n) is 4.14. The molecule has 0 bridgehead atoms. The summed E-state index contributed by atoms with van der Waals surface area (Å²) in [6.07, 6.45) is 2.73. The second kappa shape index (κ2) is 6.36. The number of sulfone groups is 1. The van der Waals surface area contributed by atoms with Gasteiger partial charge in [0.1, 0.15) is 0 Å². The monoisotopic (exact) mass is 363 g/mol. The second-order valence-electron chi connectivity index (χ2n) is 7.57. The highest BCUT2D eigenvalue weighted by Gasteiger charge is 2.49. The minimum Gasteiger partial charge on any atom is -0.336 e. The van der Waals surface area contributed by atoms with Crippen LogP contribution in [0.5, 0.6) is 0 Å². The first-order valence-electron chi connectivity index (χ1n) is 9.10. The third-order valence-electron chi connectivity index (χ3n) is 5.60. The van der Waals surface area contributed by atoms with Crippen molar-refractivity contribution >= 4 is 15.7 Å². The molecule has 0 unspecified atom stereocenters. The van der Waals surface area contributed by atoms with Gasteiger partial charge in [0, 0.05) is 49.4 Å². The summed E-state index contributed by atoms with van der Waals surface area (Å²) >= 11 is 0. The molecule has 1 amide bonds. The van der Waals surface area contributed by atoms with Gasteiger partial charge in [-0.3, -0.25) is 14.7 Å². The Balaban J connectivity index is 1.47. The van der Waals surface area contributed by atoms with Gasteiger partial charge in [-0.2, -0.15) is 0 Å². The summed E-state index contributed by atoms with van der Waals surface area (Å²) < 4.78 is 24.5. The summed E-state index contributed by atoms with van der Waals surface area (Å²) in [6, 6.07) is 5.77. The second-order valence-corrected chi connectivity index (χ2v) is 9.73. The Hall–Kier alpha value is -1.47. The molecule has 1 aliphatic carbocycles. The number of carbonyl (C=O) groups is 1. The zero-order valence-corrected chi connectivity index (χ0v) is 15.4. The molecule has 0 radical (unpaired) electrons. The number of hydrogen-bond acceptors (Lipinski definition) is 5. The lowest BCUT2D eigenvalue weighted by molar-refractivity contribution is -0.138. The van der Waals surface area contributed by atoms with Crippen LogP contribution in [0.1, 0.15) is 24.2 Å². The number of rotatable bonds is 4. The van der Waals surface area contributed by atoms with Gasteiger partial charge >= 0.3 is 0 Å². The van der Waals surface area contributed by atoms with Crippen LogP contribution in [0.2, 0.25) is 0 Å². The van der Waals surface area contributed by atoms with E-state index in [1.807, 2.05) is 30.0 Å². The molecule has 7 heteroatoms. The molecule has 0 spiro atoms. The molecule has 3 aliphatic rings. The van der Waals surface area contributed by atoms with Crippen molar-refractivity contribution in [3.63, 3.8) is 0 Å². The van der Waals surface area contributed by atoms with E-state index < -0.39 is 9.84 Å². The Morgan fingerprint density at radius 3 is 2.68 bits per heavy atom. The van der Waals surface area contributed by atoms with Crippen LogP contribution < -0.4 is 0 Å². The van der Waals surface area contributed by atoms with Gasteiger partial charge in [-0.25, -0.2) is 8.42 Å². The zero-order chi connectivity index (χ0) is 17.6. The van der Waals surface area contributed by atoms with E-state index in [9.17, 15) is 13.2 Å². The van der Waals surface area contributed by atoms with Gasteiger partial charge in [0.05, 0.1) is 17.5 Å². The average Bonchev–Trinajstić information content (AvgIpc) is 3.34. The van der Waals surface area contributed by atoms with Crippen LogP contribution >= 0.6 is 0 Å². The lowest BCUT2D eigenvalue weighted by atomic mass is 10.0. The average molecular weight is 363 g/mol. The molecule has 1 saturated carbocycles. The lowest BCUT2D eigenvalue weighted by Gasteiger charge is -2.44. The van der Waals surface area contributed by atoms with E-state index in [0.29, 0.717) is 6.54 Å². The quantitative estimate of drug-likeness (QED) is 0.786. The van der Waals surface area contributed by atoms with Crippen molar-refractivity contribution in [3.05, 3.63) is 29.6 Å². The molecule has 2 saturated heterocycles. The van der Waals surface area contributed by atoms with Gasteiger partial charge in [0.25, 0.3) is 0 Å². The smallest absolute Gasteiger partial charge is 0.226 e. The Kier molecular flexibility index (Phi) is 4.32. The number of amides is 1. The van der Waals surface area contributed by atoms with Crippen LogP contribution in [-0.4, -0.2) is 72.3 Å². The predicted octanol–water partition coefficient (Wildman–Crippen LogP) is 0.652. The van der Waals surface area contributed by atoms with E-state index in [2.05, 4.69) is 9.88 Å². The van der Waals surface area contributed by atoms with Crippen LogP contribution in [0.3, 0.4) is 0 Å². The van der Waals surface area contributed by atoms with Crippen LogP contribution in [0.25, 0.3) is 0 Å². The molecular weight excluding hydrogens is 338 g/mol. The Morgan fingerprint density at radius 1 is 1.20 bits per heavy atom. The molecular formula is C18H25N3O3S. The van der Waals surface area contributed by atoms with Gasteiger partial charge in [0.2, 0.25) is 5.91 Å². The van der Waals surface area contributed by atoms with E-state index in [-0.39, 0.29) is 35.4 Å². The summed E-state index contributed by atoms with van der Waals surface area (Å²) in [4.78, 5) is 21.2. The Bertz CT molecular complexity index is 776. The molecule has 0 aromatic carbocycles. The van der Waals surface area contributed by atoms with Crippen LogP contribution in [0.4, 0.5) is 0 Å². The van der Waals surface area contributed by atoms with Crippen molar-refractivity contribution in [1.29, 1.82) is 0 Å². The fraction of sp³-hybridized carbons (Fsp3) is 0.667. The molecule has 0 N–H and O–H groups in total. The molecule has 2 atom stereocenters. The highest BCUT2D eigenvalue weighted by molar-refractivity contribution is 7.91. The minimum atomic E-state index is -3.07. The Morgan fingerprint density at radius 2 is 1.96 bits per heavy atom. The SMILES string of the molecule is Cc1cccc(CCN2CCN(C(=O)C3CC3)[C@@H]3CS(=O)(=O)C[C@@H]32)n1. The lowest BCUT2D eigenvalue weighted by Crippen LogP contribution is -2.61. The highest BCUT2D eigenvalue weighted by Crippen LogP contribution is 2.35. The number of hydrogen-bond donors (Lipinski definition) is 0. The maximum absolute atomic E-state index is 12.5. The number of piperazine rings is 1. The van der Waals surface area contributed by atoms with Crippen molar-refractivity contribution in [3.8, 4) is 0 Å². The molecule has 1 aromatic rings.